The fourth-order valence-electron chi connectivity index (χ4n) is 4.30. The second kappa shape index (κ2) is 9.85. The van der Waals surface area contributed by atoms with Gasteiger partial charge in [-0.05, 0) is 37.1 Å². The SMILES string of the molecule is COCc1c(C(=O)N(C)C2CCN(CCc3ccccn3)CC2)sc2cccc(F)c12. The fraction of sp³-hybridized carbons (Fsp3) is 0.417. The first kappa shape index (κ1) is 21.9. The molecule has 1 fully saturated rings. The zero-order chi connectivity index (χ0) is 21.8. The van der Waals surface area contributed by atoms with Crippen molar-refractivity contribution in [3.05, 3.63) is 64.5 Å². The number of ether oxygens (including phenoxy) is 1. The standard InChI is InChI=1S/C24H28FN3O2S/c1-27(18-10-14-28(15-11-18)13-9-17-6-3-4-12-26-17)24(29)23-19(16-30-2)22-20(25)7-5-8-21(22)31-23/h3-8,12,18H,9-11,13-16H2,1-2H3. The van der Waals surface area contributed by atoms with Crippen molar-refractivity contribution >= 4 is 27.3 Å². The summed E-state index contributed by atoms with van der Waals surface area (Å²) < 4.78 is 20.5. The second-order valence-electron chi connectivity index (χ2n) is 8.02. The lowest BCUT2D eigenvalue weighted by molar-refractivity contribution is 0.0644. The van der Waals surface area contributed by atoms with E-state index >= 15 is 0 Å². The van der Waals surface area contributed by atoms with Gasteiger partial charge >= 0.3 is 0 Å². The quantitative estimate of drug-likeness (QED) is 0.547. The number of carbonyl (C=O) groups excluding carboxylic acids is 1. The molecule has 0 aliphatic carbocycles. The van der Waals surface area contributed by atoms with Crippen LogP contribution in [0.1, 0.15) is 33.8 Å². The molecule has 3 heterocycles. The van der Waals surface area contributed by atoms with Crippen LogP contribution in [0.2, 0.25) is 0 Å². The van der Waals surface area contributed by atoms with E-state index in [2.05, 4.69) is 16.0 Å². The molecule has 0 saturated carbocycles. The van der Waals surface area contributed by atoms with Crippen LogP contribution in [-0.4, -0.2) is 60.5 Å². The van der Waals surface area contributed by atoms with E-state index in [9.17, 15) is 9.18 Å². The van der Waals surface area contributed by atoms with Crippen molar-refractivity contribution in [1.82, 2.24) is 14.8 Å². The average molecular weight is 442 g/mol. The van der Waals surface area contributed by atoms with Crippen LogP contribution in [0.15, 0.2) is 42.6 Å². The lowest BCUT2D eigenvalue weighted by atomic mass is 10.0. The molecular formula is C24H28FN3O2S. The van der Waals surface area contributed by atoms with E-state index in [1.54, 1.807) is 13.2 Å². The number of halogens is 1. The average Bonchev–Trinajstić information content (AvgIpc) is 3.18. The van der Waals surface area contributed by atoms with E-state index < -0.39 is 0 Å². The Morgan fingerprint density at radius 1 is 1.26 bits per heavy atom. The molecule has 0 unspecified atom stereocenters. The molecule has 0 spiro atoms. The van der Waals surface area contributed by atoms with E-state index in [4.69, 9.17) is 4.74 Å². The van der Waals surface area contributed by atoms with E-state index in [1.165, 1.54) is 17.4 Å². The lowest BCUT2D eigenvalue weighted by Gasteiger charge is -2.36. The first-order valence-corrected chi connectivity index (χ1v) is 11.5. The van der Waals surface area contributed by atoms with E-state index in [0.29, 0.717) is 15.8 Å². The molecule has 0 atom stereocenters. The Balaban J connectivity index is 1.41. The Labute approximate surface area is 186 Å². The molecule has 3 aromatic rings. The zero-order valence-corrected chi connectivity index (χ0v) is 18.8. The number of carbonyl (C=O) groups is 1. The number of likely N-dealkylation sites (tertiary alicyclic amines) is 1. The zero-order valence-electron chi connectivity index (χ0n) is 18.0. The number of piperidine rings is 1. The van der Waals surface area contributed by atoms with Crippen LogP contribution in [0.4, 0.5) is 4.39 Å². The molecule has 7 heteroatoms. The molecule has 0 radical (unpaired) electrons. The smallest absolute Gasteiger partial charge is 0.264 e. The van der Waals surface area contributed by atoms with Crippen LogP contribution in [0.3, 0.4) is 0 Å². The predicted octanol–water partition coefficient (Wildman–Crippen LogP) is 4.36. The summed E-state index contributed by atoms with van der Waals surface area (Å²) in [6.45, 7) is 3.12. The van der Waals surface area contributed by atoms with Crippen molar-refractivity contribution < 1.29 is 13.9 Å². The molecule has 164 valence electrons. The Morgan fingerprint density at radius 2 is 2.06 bits per heavy atom. The second-order valence-corrected chi connectivity index (χ2v) is 9.07. The van der Waals surface area contributed by atoms with Gasteiger partial charge < -0.3 is 14.5 Å². The summed E-state index contributed by atoms with van der Waals surface area (Å²) in [5.74, 6) is -0.344. The molecular weight excluding hydrogens is 413 g/mol. The Bertz CT molecular complexity index is 1030. The number of pyridine rings is 1. The lowest BCUT2D eigenvalue weighted by Crippen LogP contribution is -2.46. The fourth-order valence-corrected chi connectivity index (χ4v) is 5.50. The highest BCUT2D eigenvalue weighted by atomic mass is 32.1. The van der Waals surface area contributed by atoms with E-state index in [1.807, 2.05) is 36.3 Å². The number of methoxy groups -OCH3 is 1. The van der Waals surface area contributed by atoms with Gasteiger partial charge in [-0.15, -0.1) is 11.3 Å². The number of hydrogen-bond acceptors (Lipinski definition) is 5. The molecule has 4 rings (SSSR count). The minimum absolute atomic E-state index is 0.0421. The third-order valence-corrected chi connectivity index (χ3v) is 7.27. The van der Waals surface area contributed by atoms with Crippen LogP contribution in [-0.2, 0) is 17.8 Å². The van der Waals surface area contributed by atoms with Crippen LogP contribution in [0, 0.1) is 5.82 Å². The molecule has 1 saturated heterocycles. The monoisotopic (exact) mass is 441 g/mol. The van der Waals surface area contributed by atoms with E-state index in [-0.39, 0.29) is 24.4 Å². The van der Waals surface area contributed by atoms with Gasteiger partial charge in [0.25, 0.3) is 5.91 Å². The molecule has 1 aromatic carbocycles. The van der Waals surface area contributed by atoms with Gasteiger partial charge in [-0.1, -0.05) is 12.1 Å². The molecule has 31 heavy (non-hydrogen) atoms. The number of thiophene rings is 1. The number of rotatable bonds is 7. The molecule has 1 amide bonds. The summed E-state index contributed by atoms with van der Waals surface area (Å²) in [5.41, 5.74) is 1.77. The van der Waals surface area contributed by atoms with Crippen molar-refractivity contribution in [2.24, 2.45) is 0 Å². The van der Waals surface area contributed by atoms with Gasteiger partial charge in [-0.2, -0.15) is 0 Å². The Morgan fingerprint density at radius 3 is 2.77 bits per heavy atom. The first-order chi connectivity index (χ1) is 15.1. The van der Waals surface area contributed by atoms with Crippen LogP contribution >= 0.6 is 11.3 Å². The van der Waals surface area contributed by atoms with Gasteiger partial charge in [-0.3, -0.25) is 9.78 Å². The van der Waals surface area contributed by atoms with E-state index in [0.717, 1.165) is 49.3 Å². The van der Waals surface area contributed by atoms with Crippen LogP contribution < -0.4 is 0 Å². The van der Waals surface area contributed by atoms with Gasteiger partial charge in [0.15, 0.2) is 0 Å². The number of benzene rings is 1. The van der Waals surface area contributed by atoms with Crippen molar-refractivity contribution in [1.29, 1.82) is 0 Å². The summed E-state index contributed by atoms with van der Waals surface area (Å²) in [6, 6.07) is 11.2. The van der Waals surface area contributed by atoms with Gasteiger partial charge in [0.1, 0.15) is 5.82 Å². The highest BCUT2D eigenvalue weighted by Crippen LogP contribution is 2.35. The third-order valence-electron chi connectivity index (χ3n) is 6.08. The highest BCUT2D eigenvalue weighted by Gasteiger charge is 2.29. The number of amides is 1. The van der Waals surface area contributed by atoms with Crippen molar-refractivity contribution in [3.8, 4) is 0 Å². The normalized spacial score (nSPS) is 15.5. The maximum absolute atomic E-state index is 14.5. The summed E-state index contributed by atoms with van der Waals surface area (Å²) in [4.78, 5) is 22.6. The van der Waals surface area contributed by atoms with Crippen molar-refractivity contribution in [2.45, 2.75) is 31.9 Å². The Hall–Kier alpha value is -2.35. The topological polar surface area (TPSA) is 45.7 Å². The summed E-state index contributed by atoms with van der Waals surface area (Å²) in [6.07, 6.45) is 4.64. The first-order valence-electron chi connectivity index (χ1n) is 10.7. The number of aromatic nitrogens is 1. The van der Waals surface area contributed by atoms with Gasteiger partial charge in [0.2, 0.25) is 0 Å². The molecule has 0 bridgehead atoms. The van der Waals surface area contributed by atoms with Gasteiger partial charge in [0.05, 0.1) is 11.5 Å². The number of nitrogens with zero attached hydrogens (tertiary/aromatic N) is 3. The minimum atomic E-state index is -0.302. The predicted molar refractivity (Wildman–Crippen MR) is 122 cm³/mol. The minimum Gasteiger partial charge on any atom is -0.380 e. The molecule has 5 nitrogen and oxygen atoms in total. The molecule has 2 aromatic heterocycles. The largest absolute Gasteiger partial charge is 0.380 e. The van der Waals surface area contributed by atoms with Gasteiger partial charge in [0, 0.05) is 73.8 Å². The number of hydrogen-bond donors (Lipinski definition) is 0. The van der Waals surface area contributed by atoms with Gasteiger partial charge in [-0.25, -0.2) is 4.39 Å². The third kappa shape index (κ3) is 4.79. The summed E-state index contributed by atoms with van der Waals surface area (Å²) in [7, 11) is 3.44. The molecule has 1 aliphatic rings. The van der Waals surface area contributed by atoms with Crippen molar-refractivity contribution in [2.75, 3.05) is 33.8 Å². The van der Waals surface area contributed by atoms with Crippen LogP contribution in [0.25, 0.3) is 10.1 Å². The van der Waals surface area contributed by atoms with Crippen LogP contribution in [0.5, 0.6) is 0 Å². The van der Waals surface area contributed by atoms with Crippen molar-refractivity contribution in [3.63, 3.8) is 0 Å². The number of fused-ring (bicyclic) bond motifs is 1. The molecule has 0 N–H and O–H groups in total. The maximum Gasteiger partial charge on any atom is 0.264 e. The summed E-state index contributed by atoms with van der Waals surface area (Å²) >= 11 is 1.36. The maximum atomic E-state index is 14.5. The highest BCUT2D eigenvalue weighted by molar-refractivity contribution is 7.21. The Kier molecular flexibility index (Phi) is 6.95. The molecule has 1 aliphatic heterocycles. The summed E-state index contributed by atoms with van der Waals surface area (Å²) in [5, 5.41) is 0.510.